The van der Waals surface area contributed by atoms with Crippen LogP contribution < -0.4 is 0 Å². The van der Waals surface area contributed by atoms with Crippen molar-refractivity contribution in [2.45, 2.75) is 44.9 Å². The Bertz CT molecular complexity index is 526. The summed E-state index contributed by atoms with van der Waals surface area (Å²) in [5, 5.41) is 0. The quantitative estimate of drug-likeness (QED) is 0.809. The number of hydrogen-bond donors (Lipinski definition) is 0. The molecule has 2 aromatic rings. The van der Waals surface area contributed by atoms with Gasteiger partial charge in [0, 0.05) is 10.2 Å². The number of nitrogens with zero attached hydrogens (tertiary/aromatic N) is 2. The minimum absolute atomic E-state index is 0.935. The molecule has 3 rings (SSSR count). The Morgan fingerprint density at radius 2 is 2.06 bits per heavy atom. The van der Waals surface area contributed by atoms with Crippen molar-refractivity contribution in [1.29, 1.82) is 0 Å². The maximum absolute atomic E-state index is 4.24. The number of imidazole rings is 1. The van der Waals surface area contributed by atoms with Crippen LogP contribution in [0.4, 0.5) is 0 Å². The van der Waals surface area contributed by atoms with E-state index < -0.39 is 0 Å². The zero-order valence-electron chi connectivity index (χ0n) is 10.6. The molecule has 1 aliphatic rings. The highest BCUT2D eigenvalue weighted by Crippen LogP contribution is 2.29. The van der Waals surface area contributed by atoms with Crippen LogP contribution >= 0.6 is 15.9 Å². The highest BCUT2D eigenvalue weighted by molar-refractivity contribution is 9.10. The van der Waals surface area contributed by atoms with Crippen LogP contribution in [0.2, 0.25) is 0 Å². The van der Waals surface area contributed by atoms with Gasteiger partial charge >= 0.3 is 0 Å². The van der Waals surface area contributed by atoms with Crippen LogP contribution in [0.3, 0.4) is 0 Å². The summed E-state index contributed by atoms with van der Waals surface area (Å²) in [4.78, 5) is 4.24. The topological polar surface area (TPSA) is 17.3 Å². The van der Waals surface area contributed by atoms with Crippen molar-refractivity contribution in [3.8, 4) is 0 Å². The maximum Gasteiger partial charge on any atom is 0.0994 e. The third kappa shape index (κ3) is 2.46. The third-order valence-electron chi connectivity index (χ3n) is 4.15. The number of fused-ring (bicyclic) bond motifs is 1. The van der Waals surface area contributed by atoms with Gasteiger partial charge in [0.25, 0.3) is 0 Å². The van der Waals surface area contributed by atoms with Crippen molar-refractivity contribution in [3.63, 3.8) is 0 Å². The summed E-state index contributed by atoms with van der Waals surface area (Å²) in [6.07, 6.45) is 13.5. The second kappa shape index (κ2) is 5.43. The van der Waals surface area contributed by atoms with E-state index in [2.05, 4.69) is 37.4 Å². The first kappa shape index (κ1) is 12.2. The Morgan fingerprint density at radius 3 is 2.89 bits per heavy atom. The molecule has 3 heteroatoms. The highest BCUT2D eigenvalue weighted by Gasteiger charge is 2.15. The lowest BCUT2D eigenvalue weighted by Gasteiger charge is -2.21. The molecule has 0 amide bonds. The summed E-state index contributed by atoms with van der Waals surface area (Å²) in [5.41, 5.74) is 2.56. The van der Waals surface area contributed by atoms with Crippen molar-refractivity contribution in [1.82, 2.24) is 9.38 Å². The molecule has 0 aliphatic heterocycles. The molecule has 0 saturated heterocycles. The molecule has 0 spiro atoms. The minimum Gasteiger partial charge on any atom is -0.302 e. The van der Waals surface area contributed by atoms with Crippen LogP contribution in [0.15, 0.2) is 29.1 Å². The normalized spacial score (nSPS) is 17.4. The van der Waals surface area contributed by atoms with Crippen LogP contribution in [0, 0.1) is 5.92 Å². The molecule has 2 aromatic heterocycles. The minimum atomic E-state index is 0.935. The van der Waals surface area contributed by atoms with E-state index in [1.165, 1.54) is 54.2 Å². The summed E-state index contributed by atoms with van der Waals surface area (Å²) in [6, 6.07) is 4.26. The van der Waals surface area contributed by atoms with Gasteiger partial charge in [0.2, 0.25) is 0 Å². The lowest BCUT2D eigenvalue weighted by atomic mass is 9.86. The van der Waals surface area contributed by atoms with Gasteiger partial charge in [-0.05, 0) is 46.8 Å². The fraction of sp³-hybridized carbons (Fsp3) is 0.533. The Kier molecular flexibility index (Phi) is 3.69. The molecule has 2 heterocycles. The van der Waals surface area contributed by atoms with E-state index in [1.54, 1.807) is 0 Å². The number of halogens is 1. The fourth-order valence-corrected chi connectivity index (χ4v) is 3.60. The maximum atomic E-state index is 4.24. The summed E-state index contributed by atoms with van der Waals surface area (Å²) < 4.78 is 3.43. The molecule has 1 aliphatic carbocycles. The molecule has 0 radical (unpaired) electrons. The average Bonchev–Trinajstić information content (AvgIpc) is 2.87. The lowest BCUT2D eigenvalue weighted by Crippen LogP contribution is -2.09. The second-order valence-electron chi connectivity index (χ2n) is 5.36. The van der Waals surface area contributed by atoms with E-state index >= 15 is 0 Å². The summed E-state index contributed by atoms with van der Waals surface area (Å²) in [6.45, 7) is 0. The molecule has 1 saturated carbocycles. The Hall–Kier alpha value is -0.830. The van der Waals surface area contributed by atoms with Crippen LogP contribution in [0.25, 0.3) is 5.52 Å². The van der Waals surface area contributed by atoms with Crippen molar-refractivity contribution >= 4 is 21.4 Å². The van der Waals surface area contributed by atoms with Crippen LogP contribution in [-0.2, 0) is 6.42 Å². The summed E-state index contributed by atoms with van der Waals surface area (Å²) in [7, 11) is 0. The number of hydrogen-bond acceptors (Lipinski definition) is 1. The molecule has 2 nitrogen and oxygen atoms in total. The summed E-state index contributed by atoms with van der Waals surface area (Å²) in [5.74, 6) is 0.935. The molecule has 96 valence electrons. The van der Waals surface area contributed by atoms with E-state index in [0.717, 1.165) is 12.3 Å². The molecule has 0 atom stereocenters. The fourth-order valence-electron chi connectivity index (χ4n) is 3.08. The van der Waals surface area contributed by atoms with Gasteiger partial charge in [0.15, 0.2) is 0 Å². The van der Waals surface area contributed by atoms with Gasteiger partial charge in [0.1, 0.15) is 0 Å². The lowest BCUT2D eigenvalue weighted by molar-refractivity contribution is 0.338. The van der Waals surface area contributed by atoms with Gasteiger partial charge in [-0.15, -0.1) is 0 Å². The Morgan fingerprint density at radius 1 is 1.22 bits per heavy atom. The first-order valence-electron chi connectivity index (χ1n) is 6.94. The zero-order chi connectivity index (χ0) is 12.4. The van der Waals surface area contributed by atoms with E-state index in [1.807, 2.05) is 12.5 Å². The zero-order valence-corrected chi connectivity index (χ0v) is 12.2. The van der Waals surface area contributed by atoms with E-state index in [-0.39, 0.29) is 0 Å². The summed E-state index contributed by atoms with van der Waals surface area (Å²) >= 11 is 3.68. The predicted molar refractivity (Wildman–Crippen MR) is 77.8 cm³/mol. The first-order valence-corrected chi connectivity index (χ1v) is 7.73. The van der Waals surface area contributed by atoms with Gasteiger partial charge in [-0.25, -0.2) is 4.98 Å². The molecule has 0 bridgehead atoms. The van der Waals surface area contributed by atoms with E-state index in [9.17, 15) is 0 Å². The molecule has 0 unspecified atom stereocenters. The number of pyridine rings is 1. The molecule has 0 aromatic carbocycles. The number of rotatable bonds is 3. The van der Waals surface area contributed by atoms with Crippen LogP contribution in [0.5, 0.6) is 0 Å². The van der Waals surface area contributed by atoms with Gasteiger partial charge < -0.3 is 4.40 Å². The van der Waals surface area contributed by atoms with Gasteiger partial charge in [0.05, 0.1) is 18.0 Å². The molecule has 0 N–H and O–H groups in total. The Balaban J connectivity index is 1.76. The molecule has 1 fully saturated rings. The van der Waals surface area contributed by atoms with Crippen molar-refractivity contribution in [3.05, 3.63) is 34.8 Å². The van der Waals surface area contributed by atoms with Crippen molar-refractivity contribution in [2.75, 3.05) is 0 Å². The highest BCUT2D eigenvalue weighted by atomic mass is 79.9. The standard InChI is InChI=1S/C15H19BrN2/c16-14-8-7-13-10-17-11-18(13)15(14)9-6-12-4-2-1-3-5-12/h7-8,10-12H,1-6,9H2. The first-order chi connectivity index (χ1) is 8.84. The predicted octanol–water partition coefficient (Wildman–Crippen LogP) is 4.61. The van der Waals surface area contributed by atoms with Crippen molar-refractivity contribution < 1.29 is 0 Å². The molecular weight excluding hydrogens is 288 g/mol. The van der Waals surface area contributed by atoms with Crippen LogP contribution in [0.1, 0.15) is 44.2 Å². The van der Waals surface area contributed by atoms with Crippen LogP contribution in [-0.4, -0.2) is 9.38 Å². The number of aromatic nitrogens is 2. The Labute approximate surface area is 117 Å². The molecular formula is C15H19BrN2. The average molecular weight is 307 g/mol. The molecule has 18 heavy (non-hydrogen) atoms. The van der Waals surface area contributed by atoms with Gasteiger partial charge in [-0.1, -0.05) is 32.1 Å². The van der Waals surface area contributed by atoms with Crippen molar-refractivity contribution in [2.24, 2.45) is 5.92 Å². The van der Waals surface area contributed by atoms with E-state index in [0.29, 0.717) is 0 Å². The largest absolute Gasteiger partial charge is 0.302 e. The smallest absolute Gasteiger partial charge is 0.0994 e. The second-order valence-corrected chi connectivity index (χ2v) is 6.21. The number of aryl methyl sites for hydroxylation is 1. The van der Waals surface area contributed by atoms with E-state index in [4.69, 9.17) is 0 Å². The monoisotopic (exact) mass is 306 g/mol. The SMILES string of the molecule is Brc1ccc2cncn2c1CCC1CCCCC1. The van der Waals surface area contributed by atoms with Gasteiger partial charge in [-0.3, -0.25) is 0 Å². The van der Waals surface area contributed by atoms with Gasteiger partial charge in [-0.2, -0.15) is 0 Å². The third-order valence-corrected chi connectivity index (χ3v) is 4.87.